The lowest BCUT2D eigenvalue weighted by Crippen LogP contribution is -2.35. The highest BCUT2D eigenvalue weighted by molar-refractivity contribution is 14.1. The van der Waals surface area contributed by atoms with Gasteiger partial charge in [-0.3, -0.25) is 10.1 Å². The lowest BCUT2D eigenvalue weighted by molar-refractivity contribution is -0.118. The molecule has 2 rings (SSSR count). The molecule has 17 heavy (non-hydrogen) atoms. The number of carbonyl (C=O) groups is 1. The van der Waals surface area contributed by atoms with Crippen molar-refractivity contribution in [2.75, 3.05) is 11.9 Å². The minimum atomic E-state index is -2.78. The quantitative estimate of drug-likeness (QED) is 0.802. The van der Waals surface area contributed by atoms with Gasteiger partial charge in [0.1, 0.15) is 0 Å². The molecule has 0 aliphatic carbocycles. The smallest absolute Gasteiger partial charge is 0.262 e. The Kier molecular flexibility index (Phi) is 3.62. The summed E-state index contributed by atoms with van der Waals surface area (Å²) in [5.74, 6) is -3.20. The van der Waals surface area contributed by atoms with Crippen molar-refractivity contribution >= 4 is 34.2 Å². The van der Waals surface area contributed by atoms with Gasteiger partial charge in [-0.2, -0.15) is 0 Å². The minimum Gasteiger partial charge on any atom is -0.325 e. The first kappa shape index (κ1) is 12.7. The van der Waals surface area contributed by atoms with Crippen molar-refractivity contribution in [3.8, 4) is 0 Å². The van der Waals surface area contributed by atoms with Gasteiger partial charge in [-0.15, -0.1) is 0 Å². The molecule has 1 aliphatic rings. The fraction of sp³-hybridized carbons (Fsp3) is 0.364. The molecule has 92 valence electrons. The molecular formula is C11H11F2IN2O. The van der Waals surface area contributed by atoms with Crippen LogP contribution >= 0.6 is 22.6 Å². The van der Waals surface area contributed by atoms with E-state index in [-0.39, 0.29) is 0 Å². The number of benzene rings is 1. The molecule has 1 saturated heterocycles. The topological polar surface area (TPSA) is 41.1 Å². The summed E-state index contributed by atoms with van der Waals surface area (Å²) in [6.07, 6.45) is -0.441. The zero-order valence-electron chi connectivity index (χ0n) is 8.84. The van der Waals surface area contributed by atoms with Crippen LogP contribution in [0.4, 0.5) is 14.5 Å². The Morgan fingerprint density at radius 1 is 1.41 bits per heavy atom. The molecule has 1 atom stereocenters. The number of hydrogen-bond donors (Lipinski definition) is 2. The number of amides is 1. The van der Waals surface area contributed by atoms with Crippen LogP contribution in [0.5, 0.6) is 0 Å². The van der Waals surface area contributed by atoms with Gasteiger partial charge in [0.05, 0.1) is 12.6 Å². The Labute approximate surface area is 111 Å². The summed E-state index contributed by atoms with van der Waals surface area (Å²) in [5, 5.41) is 5.13. The standard InChI is InChI=1S/C11H11F2IN2O/c12-11(13)5-9(15-6-11)10(17)16-8-3-1-7(14)2-4-8/h1-4,9,15H,5-6H2,(H,16,17). The van der Waals surface area contributed by atoms with Crippen LogP contribution in [0.1, 0.15) is 6.42 Å². The largest absolute Gasteiger partial charge is 0.325 e. The molecule has 1 unspecified atom stereocenters. The van der Waals surface area contributed by atoms with Crippen molar-refractivity contribution in [1.29, 1.82) is 0 Å². The molecule has 3 nitrogen and oxygen atoms in total. The lowest BCUT2D eigenvalue weighted by Gasteiger charge is -2.11. The van der Waals surface area contributed by atoms with Gasteiger partial charge in [0.2, 0.25) is 5.91 Å². The van der Waals surface area contributed by atoms with Crippen molar-refractivity contribution < 1.29 is 13.6 Å². The summed E-state index contributed by atoms with van der Waals surface area (Å²) in [6, 6.07) is 6.35. The van der Waals surface area contributed by atoms with Gasteiger partial charge < -0.3 is 5.32 Å². The van der Waals surface area contributed by atoms with Gasteiger partial charge in [-0.05, 0) is 46.9 Å². The number of halogens is 3. The van der Waals surface area contributed by atoms with E-state index in [1.165, 1.54) is 0 Å². The number of anilines is 1. The fourth-order valence-corrected chi connectivity index (χ4v) is 2.02. The second-order valence-electron chi connectivity index (χ2n) is 3.99. The van der Waals surface area contributed by atoms with Crippen LogP contribution in [-0.4, -0.2) is 24.4 Å². The molecule has 1 aromatic rings. The number of alkyl halides is 2. The van der Waals surface area contributed by atoms with Crippen LogP contribution in [0.2, 0.25) is 0 Å². The maximum Gasteiger partial charge on any atom is 0.262 e. The molecular weight excluding hydrogens is 341 g/mol. The summed E-state index contributed by atoms with van der Waals surface area (Å²) in [5.41, 5.74) is 0.618. The van der Waals surface area contributed by atoms with Crippen LogP contribution in [0.3, 0.4) is 0 Å². The summed E-state index contributed by atoms with van der Waals surface area (Å²) in [4.78, 5) is 11.7. The summed E-state index contributed by atoms with van der Waals surface area (Å²) in [7, 11) is 0. The van der Waals surface area contributed by atoms with E-state index >= 15 is 0 Å². The molecule has 1 aromatic carbocycles. The number of nitrogens with one attached hydrogen (secondary N) is 2. The predicted octanol–water partition coefficient (Wildman–Crippen LogP) is 2.23. The zero-order chi connectivity index (χ0) is 12.5. The Hall–Kier alpha value is -0.760. The van der Waals surface area contributed by atoms with E-state index in [1.807, 2.05) is 12.1 Å². The van der Waals surface area contributed by atoms with E-state index in [4.69, 9.17) is 0 Å². The van der Waals surface area contributed by atoms with Crippen LogP contribution in [-0.2, 0) is 4.79 Å². The molecule has 1 heterocycles. The molecule has 1 amide bonds. The van der Waals surface area contributed by atoms with Gasteiger partial charge in [0.25, 0.3) is 5.92 Å². The Morgan fingerprint density at radius 3 is 2.59 bits per heavy atom. The van der Waals surface area contributed by atoms with Gasteiger partial charge in [0.15, 0.2) is 0 Å². The van der Waals surface area contributed by atoms with Crippen molar-refractivity contribution in [1.82, 2.24) is 5.32 Å². The van der Waals surface area contributed by atoms with E-state index in [0.717, 1.165) is 3.57 Å². The van der Waals surface area contributed by atoms with Gasteiger partial charge in [-0.25, -0.2) is 8.78 Å². The number of hydrogen-bond acceptors (Lipinski definition) is 2. The molecule has 0 saturated carbocycles. The predicted molar refractivity (Wildman–Crippen MR) is 69.1 cm³/mol. The molecule has 1 aliphatic heterocycles. The molecule has 0 aromatic heterocycles. The maximum absolute atomic E-state index is 12.9. The third kappa shape index (κ3) is 3.35. The second kappa shape index (κ2) is 4.85. The van der Waals surface area contributed by atoms with Crippen molar-refractivity contribution in [3.05, 3.63) is 27.8 Å². The van der Waals surface area contributed by atoms with Gasteiger partial charge in [0, 0.05) is 15.7 Å². The highest BCUT2D eigenvalue weighted by Gasteiger charge is 2.42. The number of carbonyl (C=O) groups excluding carboxylic acids is 1. The number of rotatable bonds is 2. The third-order valence-corrected chi connectivity index (χ3v) is 3.26. The first-order valence-electron chi connectivity index (χ1n) is 5.14. The minimum absolute atomic E-state index is 0.414. The summed E-state index contributed by atoms with van der Waals surface area (Å²) < 4.78 is 26.9. The van der Waals surface area contributed by atoms with E-state index in [0.29, 0.717) is 5.69 Å². The Morgan fingerprint density at radius 2 is 2.06 bits per heavy atom. The fourth-order valence-electron chi connectivity index (χ4n) is 1.66. The molecule has 2 N–H and O–H groups in total. The van der Waals surface area contributed by atoms with Crippen LogP contribution < -0.4 is 10.6 Å². The summed E-state index contributed by atoms with van der Waals surface area (Å²) >= 11 is 2.15. The summed E-state index contributed by atoms with van der Waals surface area (Å²) in [6.45, 7) is -0.433. The third-order valence-electron chi connectivity index (χ3n) is 2.54. The van der Waals surface area contributed by atoms with E-state index < -0.39 is 30.8 Å². The van der Waals surface area contributed by atoms with Crippen LogP contribution in [0.15, 0.2) is 24.3 Å². The first-order chi connectivity index (χ1) is 7.96. The van der Waals surface area contributed by atoms with Crippen molar-refractivity contribution in [2.24, 2.45) is 0 Å². The Bertz CT molecular complexity index is 422. The lowest BCUT2D eigenvalue weighted by atomic mass is 10.2. The molecule has 0 radical (unpaired) electrons. The maximum atomic E-state index is 12.9. The highest BCUT2D eigenvalue weighted by atomic mass is 127. The van der Waals surface area contributed by atoms with Crippen molar-refractivity contribution in [3.63, 3.8) is 0 Å². The molecule has 0 bridgehead atoms. The van der Waals surface area contributed by atoms with E-state index in [2.05, 4.69) is 33.2 Å². The van der Waals surface area contributed by atoms with Gasteiger partial charge >= 0.3 is 0 Å². The SMILES string of the molecule is O=C(Nc1ccc(I)cc1)C1CC(F)(F)CN1. The highest BCUT2D eigenvalue weighted by Crippen LogP contribution is 2.25. The van der Waals surface area contributed by atoms with E-state index in [9.17, 15) is 13.6 Å². The Balaban J connectivity index is 1.96. The van der Waals surface area contributed by atoms with Gasteiger partial charge in [-0.1, -0.05) is 0 Å². The molecule has 0 spiro atoms. The molecule has 6 heteroatoms. The van der Waals surface area contributed by atoms with Crippen LogP contribution in [0, 0.1) is 3.57 Å². The van der Waals surface area contributed by atoms with Crippen molar-refractivity contribution in [2.45, 2.75) is 18.4 Å². The van der Waals surface area contributed by atoms with E-state index in [1.54, 1.807) is 12.1 Å². The first-order valence-corrected chi connectivity index (χ1v) is 6.22. The zero-order valence-corrected chi connectivity index (χ0v) is 11.0. The monoisotopic (exact) mass is 352 g/mol. The van der Waals surface area contributed by atoms with Crippen LogP contribution in [0.25, 0.3) is 0 Å². The molecule has 1 fully saturated rings. The average molecular weight is 352 g/mol. The second-order valence-corrected chi connectivity index (χ2v) is 5.24. The average Bonchev–Trinajstić information content (AvgIpc) is 2.62. The normalized spacial score (nSPS) is 22.4.